The third kappa shape index (κ3) is 6.89. The molecule has 8 heteroatoms. The summed E-state index contributed by atoms with van der Waals surface area (Å²) in [5.74, 6) is 1.50. The Morgan fingerprint density at radius 3 is 2.71 bits per heavy atom. The Balaban J connectivity index is 1.82. The molecule has 0 aromatic heterocycles. The molecule has 0 saturated carbocycles. The zero-order valence-electron chi connectivity index (χ0n) is 16.9. The quantitative estimate of drug-likeness (QED) is 0.519. The van der Waals surface area contributed by atoms with Crippen LogP contribution in [0, 0.1) is 5.92 Å². The van der Waals surface area contributed by atoms with Crippen LogP contribution in [0.5, 0.6) is 5.75 Å². The zero-order valence-corrected chi connectivity index (χ0v) is 16.9. The summed E-state index contributed by atoms with van der Waals surface area (Å²) in [7, 11) is 1.71. The predicted molar refractivity (Wildman–Crippen MR) is 106 cm³/mol. The summed E-state index contributed by atoms with van der Waals surface area (Å²) >= 11 is 0. The van der Waals surface area contributed by atoms with Gasteiger partial charge < -0.3 is 20.3 Å². The highest BCUT2D eigenvalue weighted by atomic mass is 19.4. The number of rotatable bonds is 8. The van der Waals surface area contributed by atoms with E-state index in [-0.39, 0.29) is 11.9 Å². The standard InChI is InChI=1S/C20H31F3N4O/c1-4-17(28-18-8-6-7-16(11-18)20(21,22)23)13-26-19(24-3)25-12-15-9-10-27(5-2)14-15/h6-8,11,15,17H,4-5,9-10,12-14H2,1-3H3,(H2,24,25,26). The van der Waals surface area contributed by atoms with Crippen LogP contribution in [0.3, 0.4) is 0 Å². The van der Waals surface area contributed by atoms with Crippen LogP contribution in [-0.2, 0) is 6.18 Å². The number of guanidine groups is 1. The first-order valence-electron chi connectivity index (χ1n) is 9.86. The second kappa shape index (κ2) is 10.5. The van der Waals surface area contributed by atoms with Crippen molar-refractivity contribution in [2.24, 2.45) is 10.9 Å². The molecule has 2 atom stereocenters. The van der Waals surface area contributed by atoms with Crippen molar-refractivity contribution in [2.45, 2.75) is 39.0 Å². The van der Waals surface area contributed by atoms with Gasteiger partial charge in [-0.05, 0) is 50.0 Å². The van der Waals surface area contributed by atoms with Crippen LogP contribution >= 0.6 is 0 Å². The van der Waals surface area contributed by atoms with Crippen molar-refractivity contribution in [2.75, 3.05) is 39.8 Å². The first kappa shape index (κ1) is 22.3. The van der Waals surface area contributed by atoms with Gasteiger partial charge in [0, 0.05) is 20.1 Å². The monoisotopic (exact) mass is 400 g/mol. The number of likely N-dealkylation sites (tertiary alicyclic amines) is 1. The van der Waals surface area contributed by atoms with E-state index in [0.29, 0.717) is 24.8 Å². The lowest BCUT2D eigenvalue weighted by atomic mass is 10.1. The number of nitrogens with one attached hydrogen (secondary N) is 2. The highest BCUT2D eigenvalue weighted by Crippen LogP contribution is 2.31. The van der Waals surface area contributed by atoms with Gasteiger partial charge >= 0.3 is 6.18 Å². The highest BCUT2D eigenvalue weighted by Gasteiger charge is 2.30. The van der Waals surface area contributed by atoms with E-state index < -0.39 is 11.7 Å². The van der Waals surface area contributed by atoms with E-state index in [1.165, 1.54) is 12.5 Å². The molecule has 28 heavy (non-hydrogen) atoms. The molecule has 5 nitrogen and oxygen atoms in total. The molecule has 2 rings (SSSR count). The van der Waals surface area contributed by atoms with Crippen molar-refractivity contribution in [3.8, 4) is 5.75 Å². The molecule has 2 N–H and O–H groups in total. The second-order valence-corrected chi connectivity index (χ2v) is 7.06. The SMILES string of the molecule is CCC(CNC(=NC)NCC1CCN(CC)C1)Oc1cccc(C(F)(F)F)c1. The summed E-state index contributed by atoms with van der Waals surface area (Å²) in [6, 6.07) is 4.99. The molecule has 1 aromatic carbocycles. The van der Waals surface area contributed by atoms with Crippen molar-refractivity contribution >= 4 is 5.96 Å². The Labute approximate surface area is 165 Å². The van der Waals surface area contributed by atoms with Crippen molar-refractivity contribution in [1.29, 1.82) is 0 Å². The van der Waals surface area contributed by atoms with E-state index in [9.17, 15) is 13.2 Å². The van der Waals surface area contributed by atoms with Gasteiger partial charge in [0.15, 0.2) is 5.96 Å². The number of ether oxygens (including phenoxy) is 1. The van der Waals surface area contributed by atoms with E-state index >= 15 is 0 Å². The Morgan fingerprint density at radius 1 is 1.32 bits per heavy atom. The molecule has 2 unspecified atom stereocenters. The van der Waals surface area contributed by atoms with Gasteiger partial charge in [-0.15, -0.1) is 0 Å². The minimum absolute atomic E-state index is 0.219. The molecule has 158 valence electrons. The molecular formula is C20H31F3N4O. The van der Waals surface area contributed by atoms with Crippen molar-refractivity contribution in [3.05, 3.63) is 29.8 Å². The molecule has 1 heterocycles. The van der Waals surface area contributed by atoms with Gasteiger partial charge in [-0.2, -0.15) is 13.2 Å². The number of benzene rings is 1. The average Bonchev–Trinajstić information content (AvgIpc) is 3.14. The Hall–Kier alpha value is -1.96. The second-order valence-electron chi connectivity index (χ2n) is 7.06. The summed E-state index contributed by atoms with van der Waals surface area (Å²) in [4.78, 5) is 6.65. The van der Waals surface area contributed by atoms with Crippen molar-refractivity contribution < 1.29 is 17.9 Å². The maximum atomic E-state index is 12.9. The molecule has 0 radical (unpaired) electrons. The van der Waals surface area contributed by atoms with E-state index in [1.807, 2.05) is 6.92 Å². The molecule has 0 aliphatic carbocycles. The van der Waals surface area contributed by atoms with Gasteiger partial charge in [0.05, 0.1) is 12.1 Å². The fourth-order valence-electron chi connectivity index (χ4n) is 3.25. The summed E-state index contributed by atoms with van der Waals surface area (Å²) in [5, 5.41) is 6.55. The lowest BCUT2D eigenvalue weighted by Crippen LogP contribution is -2.44. The number of alkyl halides is 3. The van der Waals surface area contributed by atoms with Crippen molar-refractivity contribution in [1.82, 2.24) is 15.5 Å². The highest BCUT2D eigenvalue weighted by molar-refractivity contribution is 5.79. The molecule has 1 fully saturated rings. The fourth-order valence-corrected chi connectivity index (χ4v) is 3.25. The number of aliphatic imine (C=N–C) groups is 1. The van der Waals surface area contributed by atoms with Crippen LogP contribution in [0.15, 0.2) is 29.3 Å². The van der Waals surface area contributed by atoms with E-state index in [0.717, 1.165) is 38.3 Å². The number of hydrogen-bond acceptors (Lipinski definition) is 3. The average molecular weight is 400 g/mol. The summed E-state index contributed by atoms with van der Waals surface area (Å²) < 4.78 is 44.3. The van der Waals surface area contributed by atoms with E-state index in [1.54, 1.807) is 13.1 Å². The topological polar surface area (TPSA) is 48.9 Å². The van der Waals surface area contributed by atoms with Gasteiger partial charge in [0.1, 0.15) is 11.9 Å². The van der Waals surface area contributed by atoms with E-state index in [2.05, 4.69) is 27.4 Å². The fraction of sp³-hybridized carbons (Fsp3) is 0.650. The minimum atomic E-state index is -4.38. The molecule has 0 bridgehead atoms. The van der Waals surface area contributed by atoms with Crippen LogP contribution in [0.1, 0.15) is 32.3 Å². The van der Waals surface area contributed by atoms with Crippen molar-refractivity contribution in [3.63, 3.8) is 0 Å². The Kier molecular flexibility index (Phi) is 8.41. The smallest absolute Gasteiger partial charge is 0.416 e. The van der Waals surface area contributed by atoms with Gasteiger partial charge in [-0.1, -0.05) is 19.9 Å². The molecule has 0 amide bonds. The van der Waals surface area contributed by atoms with E-state index in [4.69, 9.17) is 4.74 Å². The maximum absolute atomic E-state index is 12.9. The largest absolute Gasteiger partial charge is 0.489 e. The lowest BCUT2D eigenvalue weighted by molar-refractivity contribution is -0.137. The number of hydrogen-bond donors (Lipinski definition) is 2. The molecule has 1 aromatic rings. The number of nitrogens with zero attached hydrogens (tertiary/aromatic N) is 2. The Morgan fingerprint density at radius 2 is 2.11 bits per heavy atom. The van der Waals surface area contributed by atoms with Crippen LogP contribution in [0.25, 0.3) is 0 Å². The van der Waals surface area contributed by atoms with Crippen LogP contribution in [0.2, 0.25) is 0 Å². The normalized spacial score (nSPS) is 19.5. The molecule has 0 spiro atoms. The zero-order chi connectivity index (χ0) is 20.6. The third-order valence-corrected chi connectivity index (χ3v) is 5.02. The van der Waals surface area contributed by atoms with Gasteiger partial charge in [0.25, 0.3) is 0 Å². The first-order chi connectivity index (χ1) is 13.4. The summed E-state index contributed by atoms with van der Waals surface area (Å²) in [6.07, 6.45) is -2.80. The summed E-state index contributed by atoms with van der Waals surface area (Å²) in [6.45, 7) is 8.72. The molecule has 1 aliphatic heterocycles. The van der Waals surface area contributed by atoms with Gasteiger partial charge in [-0.25, -0.2) is 0 Å². The number of halogens is 3. The van der Waals surface area contributed by atoms with Crippen LogP contribution in [0.4, 0.5) is 13.2 Å². The first-order valence-corrected chi connectivity index (χ1v) is 9.86. The summed E-state index contributed by atoms with van der Waals surface area (Å²) in [5.41, 5.74) is -0.706. The minimum Gasteiger partial charge on any atom is -0.489 e. The Bertz CT molecular complexity index is 636. The van der Waals surface area contributed by atoms with Gasteiger partial charge in [-0.3, -0.25) is 4.99 Å². The third-order valence-electron chi connectivity index (χ3n) is 5.02. The lowest BCUT2D eigenvalue weighted by Gasteiger charge is -2.21. The van der Waals surface area contributed by atoms with Crippen LogP contribution in [-0.4, -0.2) is 56.7 Å². The van der Waals surface area contributed by atoms with Crippen LogP contribution < -0.4 is 15.4 Å². The molecule has 1 aliphatic rings. The molecular weight excluding hydrogens is 369 g/mol. The van der Waals surface area contributed by atoms with Gasteiger partial charge in [0.2, 0.25) is 0 Å². The maximum Gasteiger partial charge on any atom is 0.416 e. The predicted octanol–water partition coefficient (Wildman–Crippen LogP) is 3.37. The molecule has 1 saturated heterocycles.